The van der Waals surface area contributed by atoms with Gasteiger partial charge in [0, 0.05) is 25.7 Å². The largest absolute Gasteiger partial charge is 0.472 e. The number of furan rings is 1. The first-order valence-corrected chi connectivity index (χ1v) is 23.6. The average molecular weight is 861 g/mol. The van der Waals surface area contributed by atoms with Crippen LogP contribution in [-0.2, 0) is 45.5 Å². The zero-order valence-corrected chi connectivity index (χ0v) is 38.9. The number of hydrogen-bond acceptors (Lipinski definition) is 9. The highest BCUT2D eigenvalue weighted by atomic mass is 31.2. The van der Waals surface area contributed by atoms with Crippen LogP contribution in [0, 0.1) is 13.8 Å². The number of allylic oxidation sites excluding steroid dienone is 10. The fraction of sp³-hybridized carbons (Fsp3) is 0.625. The zero-order valence-electron chi connectivity index (χ0n) is 38.0. The molecule has 1 rings (SSSR count). The number of unbranched alkanes of at least 4 members (excludes halogenated alkanes) is 5. The Morgan fingerprint density at radius 1 is 0.733 bits per heavy atom. The van der Waals surface area contributed by atoms with Gasteiger partial charge in [0.25, 0.3) is 0 Å². The molecule has 0 saturated heterocycles. The molecular formula is C48H79NO10P+. The molecule has 12 heteroatoms. The Kier molecular flexibility index (Phi) is 30.4. The topological polar surface area (TPSA) is 142 Å². The van der Waals surface area contributed by atoms with Crippen molar-refractivity contribution in [3.63, 3.8) is 0 Å². The predicted molar refractivity (Wildman–Crippen MR) is 243 cm³/mol. The molecule has 11 nitrogen and oxygen atoms in total. The monoisotopic (exact) mass is 861 g/mol. The molecule has 3 atom stereocenters. The number of rotatable bonds is 35. The van der Waals surface area contributed by atoms with E-state index in [-0.39, 0.29) is 26.1 Å². The molecule has 0 aromatic carbocycles. The van der Waals surface area contributed by atoms with Gasteiger partial charge in [-0.05, 0) is 82.8 Å². The minimum atomic E-state index is -4.42. The number of ether oxygens (including phenoxy) is 2. The highest BCUT2D eigenvalue weighted by Crippen LogP contribution is 2.43. The van der Waals surface area contributed by atoms with E-state index in [0.29, 0.717) is 30.3 Å². The van der Waals surface area contributed by atoms with E-state index in [1.807, 2.05) is 63.7 Å². The molecule has 0 saturated carbocycles. The normalized spacial score (nSPS) is 14.8. The molecule has 1 heterocycles. The molecule has 2 N–H and O–H groups in total. The lowest BCUT2D eigenvalue weighted by Gasteiger charge is -2.24. The zero-order chi connectivity index (χ0) is 44.5. The number of carbonyl (C=O) groups is 2. The van der Waals surface area contributed by atoms with Gasteiger partial charge in [0.05, 0.1) is 33.9 Å². The van der Waals surface area contributed by atoms with Gasteiger partial charge in [-0.3, -0.25) is 18.6 Å². The summed E-state index contributed by atoms with van der Waals surface area (Å²) in [5.41, 5.74) is 2.56. The summed E-state index contributed by atoms with van der Waals surface area (Å²) in [5.74, 6) is 1.27. The van der Waals surface area contributed by atoms with Crippen LogP contribution in [0.3, 0.4) is 0 Å². The van der Waals surface area contributed by atoms with Crippen molar-refractivity contribution in [3.8, 4) is 0 Å². The Hall–Kier alpha value is -3.31. The van der Waals surface area contributed by atoms with E-state index < -0.39 is 38.6 Å². The fourth-order valence-electron chi connectivity index (χ4n) is 5.82. The van der Waals surface area contributed by atoms with E-state index in [1.54, 1.807) is 6.08 Å². The first-order valence-electron chi connectivity index (χ1n) is 22.1. The minimum absolute atomic E-state index is 0.00121. The number of phosphoric ester groups is 1. The maximum atomic E-state index is 12.7. The van der Waals surface area contributed by atoms with Crippen molar-refractivity contribution in [2.45, 2.75) is 149 Å². The van der Waals surface area contributed by atoms with Gasteiger partial charge in [0.2, 0.25) is 0 Å². The molecule has 0 aliphatic heterocycles. The van der Waals surface area contributed by atoms with Crippen molar-refractivity contribution in [2.24, 2.45) is 0 Å². The number of carbonyl (C=O) groups excluding carboxylic acids is 2. The Bertz CT molecular complexity index is 1550. The van der Waals surface area contributed by atoms with Crippen LogP contribution in [0.25, 0.3) is 0 Å². The van der Waals surface area contributed by atoms with Crippen LogP contribution >= 0.6 is 7.82 Å². The third-order valence-corrected chi connectivity index (χ3v) is 10.5. The second-order valence-corrected chi connectivity index (χ2v) is 17.6. The molecule has 60 heavy (non-hydrogen) atoms. The number of aliphatic hydroxyl groups is 1. The van der Waals surface area contributed by atoms with Gasteiger partial charge in [0.15, 0.2) is 6.10 Å². The third kappa shape index (κ3) is 29.8. The van der Waals surface area contributed by atoms with Gasteiger partial charge in [-0.15, -0.1) is 0 Å². The summed E-state index contributed by atoms with van der Waals surface area (Å²) in [7, 11) is 1.36. The summed E-state index contributed by atoms with van der Waals surface area (Å²) in [6.45, 7) is 8.25. The quantitative estimate of drug-likeness (QED) is 0.0169. The molecular weight excluding hydrogens is 781 g/mol. The maximum Gasteiger partial charge on any atom is 0.472 e. The maximum absolute atomic E-state index is 12.7. The summed E-state index contributed by atoms with van der Waals surface area (Å²) in [6, 6.07) is 0. The average Bonchev–Trinajstić information content (AvgIpc) is 3.45. The summed E-state index contributed by atoms with van der Waals surface area (Å²) in [5, 5.41) is 9.85. The fourth-order valence-corrected chi connectivity index (χ4v) is 6.56. The highest BCUT2D eigenvalue weighted by molar-refractivity contribution is 7.47. The second-order valence-electron chi connectivity index (χ2n) is 16.1. The SMILES string of the molecule is CC/C=C\CC(O)/C=C/C=C/C/C=C\C/C=C\C/C=C\CCC(=O)O[C@H](COC(=O)CCCCCCCCc1oc(CCC)c(C)c1C)COP(=O)(O)OCC[N+](C)(C)C. The number of quaternary nitrogens is 1. The van der Waals surface area contributed by atoms with Gasteiger partial charge in [-0.2, -0.15) is 0 Å². The minimum Gasteiger partial charge on any atom is -0.466 e. The van der Waals surface area contributed by atoms with Crippen LogP contribution in [0.4, 0.5) is 0 Å². The van der Waals surface area contributed by atoms with Crippen LogP contribution in [-0.4, -0.2) is 86.1 Å². The standard InChI is InChI=1S/C48H78NO10P/c1-8-10-26-32-43(50)33-27-22-18-16-14-12-11-13-15-17-19-25-30-36-48(52)58-44(40-57-60(53,54)56-38-37-49(5,6)7)39-55-47(51)35-29-24-21-20-23-28-34-46-42(4)41(3)45(59-46)31-9-2/h10,12-15,18-19,22,25-27,33,43-44,50H,8-9,11,16-17,20-21,23-24,28-32,34-40H2,1-7H3/p+1/b14-12-,15-13-,22-18+,25-19-,26-10-,33-27+/t43?,44-/m1/s1. The Morgan fingerprint density at radius 2 is 1.35 bits per heavy atom. The molecule has 0 aliphatic carbocycles. The number of esters is 2. The lowest BCUT2D eigenvalue weighted by atomic mass is 10.0. The lowest BCUT2D eigenvalue weighted by molar-refractivity contribution is -0.870. The summed E-state index contributed by atoms with van der Waals surface area (Å²) >= 11 is 0. The second kappa shape index (κ2) is 33.3. The molecule has 0 radical (unpaired) electrons. The first kappa shape index (κ1) is 54.7. The van der Waals surface area contributed by atoms with Crippen LogP contribution in [0.5, 0.6) is 0 Å². The van der Waals surface area contributed by atoms with Crippen LogP contribution < -0.4 is 0 Å². The van der Waals surface area contributed by atoms with E-state index >= 15 is 0 Å². The number of nitrogens with zero attached hydrogens (tertiary/aromatic N) is 1. The van der Waals surface area contributed by atoms with Crippen molar-refractivity contribution in [1.29, 1.82) is 0 Å². The first-order chi connectivity index (χ1) is 28.7. The molecule has 0 spiro atoms. The summed E-state index contributed by atoms with van der Waals surface area (Å²) < 4.78 is 40.3. The molecule has 0 bridgehead atoms. The smallest absolute Gasteiger partial charge is 0.466 e. The van der Waals surface area contributed by atoms with Gasteiger partial charge < -0.3 is 28.4 Å². The van der Waals surface area contributed by atoms with Crippen molar-refractivity contribution >= 4 is 19.8 Å². The number of phosphoric acid groups is 1. The number of hydrogen-bond donors (Lipinski definition) is 2. The number of likely N-dealkylation sites (N-methyl/N-ethyl adjacent to an activating group) is 1. The van der Waals surface area contributed by atoms with E-state index in [9.17, 15) is 24.2 Å². The van der Waals surface area contributed by atoms with Gasteiger partial charge in [0.1, 0.15) is 31.3 Å². The van der Waals surface area contributed by atoms with Crippen molar-refractivity contribution < 1.29 is 51.6 Å². The van der Waals surface area contributed by atoms with Crippen molar-refractivity contribution in [1.82, 2.24) is 0 Å². The number of aliphatic hydroxyl groups excluding tert-OH is 1. The molecule has 340 valence electrons. The third-order valence-electron chi connectivity index (χ3n) is 9.52. The Labute approximate surface area is 362 Å². The van der Waals surface area contributed by atoms with E-state index in [4.69, 9.17) is 22.9 Å². The molecule has 2 unspecified atom stereocenters. The van der Waals surface area contributed by atoms with Gasteiger partial charge in [-0.25, -0.2) is 4.57 Å². The molecule has 0 fully saturated rings. The van der Waals surface area contributed by atoms with Crippen LogP contribution in [0.2, 0.25) is 0 Å². The van der Waals surface area contributed by atoms with Crippen molar-refractivity contribution in [2.75, 3.05) is 47.5 Å². The lowest BCUT2D eigenvalue weighted by Crippen LogP contribution is -2.37. The summed E-state index contributed by atoms with van der Waals surface area (Å²) in [4.78, 5) is 35.5. The molecule has 1 aromatic heterocycles. The predicted octanol–water partition coefficient (Wildman–Crippen LogP) is 10.9. The van der Waals surface area contributed by atoms with E-state index in [1.165, 1.54) is 11.1 Å². The van der Waals surface area contributed by atoms with E-state index in [0.717, 1.165) is 88.6 Å². The van der Waals surface area contributed by atoms with Crippen LogP contribution in [0.1, 0.15) is 133 Å². The van der Waals surface area contributed by atoms with Gasteiger partial charge >= 0.3 is 19.8 Å². The molecule has 1 aromatic rings. The Balaban J connectivity index is 2.43. The number of aryl methyl sites for hydroxylation is 2. The van der Waals surface area contributed by atoms with Crippen LogP contribution in [0.15, 0.2) is 77.3 Å². The van der Waals surface area contributed by atoms with Gasteiger partial charge in [-0.1, -0.05) is 112 Å². The van der Waals surface area contributed by atoms with E-state index in [2.05, 4.69) is 52.0 Å². The highest BCUT2D eigenvalue weighted by Gasteiger charge is 2.27. The summed E-state index contributed by atoms with van der Waals surface area (Å²) in [6.07, 6.45) is 35.9. The van der Waals surface area contributed by atoms with Crippen molar-refractivity contribution in [3.05, 3.63) is 95.6 Å². The Morgan fingerprint density at radius 3 is 2.00 bits per heavy atom. The molecule has 0 amide bonds. The molecule has 0 aliphatic rings.